The van der Waals surface area contributed by atoms with Gasteiger partial charge in [-0.3, -0.25) is 15.1 Å². The first kappa shape index (κ1) is 12.0. The van der Waals surface area contributed by atoms with Crippen molar-refractivity contribution in [2.75, 3.05) is 5.32 Å². The minimum Gasteiger partial charge on any atom is -0.327 e. The first-order chi connectivity index (χ1) is 8.47. The summed E-state index contributed by atoms with van der Waals surface area (Å²) in [5, 5.41) is 5.05. The number of nitrogens with one attached hydrogen (secondary N) is 1. The monoisotopic (exact) mass is 258 g/mol. The topological polar surface area (TPSA) is 80.9 Å². The van der Waals surface area contributed by atoms with Crippen LogP contribution in [-0.4, -0.2) is 21.0 Å². The number of aromatic nitrogens is 3. The predicted octanol–water partition coefficient (Wildman–Crippen LogP) is 1.74. The summed E-state index contributed by atoms with van der Waals surface area (Å²) in [7, 11) is 0. The number of amides is 1. The van der Waals surface area contributed by atoms with Crippen molar-refractivity contribution in [3.05, 3.63) is 36.0 Å². The molecule has 0 saturated heterocycles. The van der Waals surface area contributed by atoms with Gasteiger partial charge in [-0.05, 0) is 17.3 Å². The lowest BCUT2D eigenvalue weighted by Crippen LogP contribution is -2.13. The summed E-state index contributed by atoms with van der Waals surface area (Å²) < 4.78 is 40.4. The molecule has 0 aliphatic carbocycles. The molecule has 0 saturated carbocycles. The second kappa shape index (κ2) is 4.43. The summed E-state index contributed by atoms with van der Waals surface area (Å²) in [6, 6.07) is 2.94. The molecule has 18 heavy (non-hydrogen) atoms. The molecule has 1 amide bonds. The average Bonchev–Trinajstić information content (AvgIpc) is 2.78. The van der Waals surface area contributed by atoms with Crippen LogP contribution in [0.4, 0.5) is 19.1 Å². The lowest BCUT2D eigenvalue weighted by Gasteiger charge is -1.99. The largest absolute Gasteiger partial charge is 0.471 e. The van der Waals surface area contributed by atoms with Crippen molar-refractivity contribution in [1.82, 2.24) is 15.1 Å². The van der Waals surface area contributed by atoms with Gasteiger partial charge in [0.1, 0.15) is 0 Å². The Balaban J connectivity index is 2.11. The van der Waals surface area contributed by atoms with Gasteiger partial charge in [-0.2, -0.15) is 18.2 Å². The minimum atomic E-state index is -4.75. The van der Waals surface area contributed by atoms with Crippen LogP contribution < -0.4 is 5.32 Å². The fourth-order valence-corrected chi connectivity index (χ4v) is 1.06. The van der Waals surface area contributed by atoms with E-state index in [2.05, 4.69) is 25.0 Å². The smallest absolute Gasteiger partial charge is 0.327 e. The number of rotatable bonds is 2. The summed E-state index contributed by atoms with van der Waals surface area (Å²) in [6.45, 7) is 0. The summed E-state index contributed by atoms with van der Waals surface area (Å²) in [4.78, 5) is 18.2. The maximum atomic E-state index is 12.1. The molecule has 0 aliphatic heterocycles. The van der Waals surface area contributed by atoms with E-state index in [0.29, 0.717) is 0 Å². The molecule has 0 unspecified atom stereocenters. The van der Waals surface area contributed by atoms with Crippen LogP contribution in [-0.2, 0) is 6.18 Å². The number of nitrogens with zero attached hydrogens (tertiary/aromatic N) is 3. The fraction of sp³-hybridized carbons (Fsp3) is 0.111. The van der Waals surface area contributed by atoms with Crippen molar-refractivity contribution in [3.8, 4) is 0 Å². The number of alkyl halides is 3. The van der Waals surface area contributed by atoms with Gasteiger partial charge in [0.05, 0.1) is 5.56 Å². The lowest BCUT2D eigenvalue weighted by molar-refractivity contribution is -0.159. The van der Waals surface area contributed by atoms with E-state index in [1.54, 1.807) is 0 Å². The molecule has 2 aromatic rings. The Morgan fingerprint density at radius 2 is 2.17 bits per heavy atom. The lowest BCUT2D eigenvalue weighted by atomic mass is 10.3. The maximum Gasteiger partial charge on any atom is 0.471 e. The second-order valence-electron chi connectivity index (χ2n) is 3.12. The summed E-state index contributed by atoms with van der Waals surface area (Å²) in [5.41, 5.74) is 0.163. The third-order valence-electron chi connectivity index (χ3n) is 1.82. The average molecular weight is 258 g/mol. The van der Waals surface area contributed by atoms with Crippen LogP contribution in [0.2, 0.25) is 0 Å². The predicted molar refractivity (Wildman–Crippen MR) is 51.5 cm³/mol. The molecule has 0 radical (unpaired) electrons. The van der Waals surface area contributed by atoms with Crippen LogP contribution in [0.3, 0.4) is 0 Å². The number of carbonyl (C=O) groups is 1. The van der Waals surface area contributed by atoms with Crippen molar-refractivity contribution in [2.45, 2.75) is 6.18 Å². The quantitative estimate of drug-likeness (QED) is 0.887. The van der Waals surface area contributed by atoms with E-state index in [1.165, 1.54) is 24.5 Å². The molecular weight excluding hydrogens is 253 g/mol. The van der Waals surface area contributed by atoms with E-state index >= 15 is 0 Å². The zero-order valence-corrected chi connectivity index (χ0v) is 8.60. The van der Waals surface area contributed by atoms with Crippen LogP contribution in [0, 0.1) is 0 Å². The Kier molecular flexibility index (Phi) is 2.96. The molecular formula is C9H5F3N4O2. The third-order valence-corrected chi connectivity index (χ3v) is 1.82. The van der Waals surface area contributed by atoms with Gasteiger partial charge in [-0.15, -0.1) is 0 Å². The van der Waals surface area contributed by atoms with Gasteiger partial charge < -0.3 is 4.52 Å². The zero-order chi connectivity index (χ0) is 13.2. The highest BCUT2D eigenvalue weighted by atomic mass is 19.4. The molecule has 1 N–H and O–H groups in total. The van der Waals surface area contributed by atoms with Crippen molar-refractivity contribution < 1.29 is 22.5 Å². The highest BCUT2D eigenvalue weighted by Crippen LogP contribution is 2.28. The molecule has 2 heterocycles. The van der Waals surface area contributed by atoms with E-state index in [9.17, 15) is 18.0 Å². The molecule has 0 spiro atoms. The number of anilines is 1. The molecule has 9 heteroatoms. The zero-order valence-electron chi connectivity index (χ0n) is 8.60. The van der Waals surface area contributed by atoms with Crippen LogP contribution in [0.15, 0.2) is 29.0 Å². The van der Waals surface area contributed by atoms with E-state index in [1.807, 2.05) is 0 Å². The van der Waals surface area contributed by atoms with E-state index in [-0.39, 0.29) is 5.56 Å². The van der Waals surface area contributed by atoms with Gasteiger partial charge in [0.15, 0.2) is 0 Å². The molecule has 0 aliphatic rings. The summed E-state index contributed by atoms with van der Waals surface area (Å²) >= 11 is 0. The Bertz CT molecular complexity index is 552. The standard InChI is InChI=1S/C9H5F3N4O2/c10-9(11,12)7-15-8(16-18-7)14-6(17)5-2-1-3-13-4-5/h1-4H,(H,14,16,17). The van der Waals surface area contributed by atoms with Crippen LogP contribution >= 0.6 is 0 Å². The number of carbonyl (C=O) groups excluding carboxylic acids is 1. The number of pyridine rings is 1. The number of hydrogen-bond donors (Lipinski definition) is 1. The van der Waals surface area contributed by atoms with Gasteiger partial charge >= 0.3 is 12.1 Å². The van der Waals surface area contributed by atoms with Crippen molar-refractivity contribution in [3.63, 3.8) is 0 Å². The normalized spacial score (nSPS) is 11.3. The fourth-order valence-electron chi connectivity index (χ4n) is 1.06. The van der Waals surface area contributed by atoms with Gasteiger partial charge in [0.25, 0.3) is 11.9 Å². The van der Waals surface area contributed by atoms with E-state index < -0.39 is 23.9 Å². The molecule has 0 bridgehead atoms. The summed E-state index contributed by atoms with van der Waals surface area (Å²) in [5.74, 6) is -2.77. The molecule has 0 aromatic carbocycles. The number of halogens is 3. The van der Waals surface area contributed by atoms with Crippen LogP contribution in [0.25, 0.3) is 0 Å². The molecule has 2 rings (SSSR count). The molecule has 0 fully saturated rings. The second-order valence-corrected chi connectivity index (χ2v) is 3.12. The van der Waals surface area contributed by atoms with Gasteiger partial charge in [-0.1, -0.05) is 0 Å². The van der Waals surface area contributed by atoms with Gasteiger partial charge in [-0.25, -0.2) is 0 Å². The summed E-state index contributed by atoms with van der Waals surface area (Å²) in [6.07, 6.45) is -2.04. The van der Waals surface area contributed by atoms with Crippen LogP contribution in [0.1, 0.15) is 16.2 Å². The number of hydrogen-bond acceptors (Lipinski definition) is 5. The van der Waals surface area contributed by atoms with E-state index in [0.717, 1.165) is 0 Å². The van der Waals surface area contributed by atoms with Crippen molar-refractivity contribution >= 4 is 11.9 Å². The molecule has 6 nitrogen and oxygen atoms in total. The Morgan fingerprint density at radius 1 is 1.39 bits per heavy atom. The van der Waals surface area contributed by atoms with Crippen molar-refractivity contribution in [2.24, 2.45) is 0 Å². The van der Waals surface area contributed by atoms with Crippen LogP contribution in [0.5, 0.6) is 0 Å². The Labute approximate surface area is 97.8 Å². The molecule has 94 valence electrons. The molecule has 2 aromatic heterocycles. The SMILES string of the molecule is O=C(Nc1noc(C(F)(F)F)n1)c1cccnc1. The highest BCUT2D eigenvalue weighted by molar-refractivity contribution is 6.02. The first-order valence-corrected chi connectivity index (χ1v) is 4.59. The van der Waals surface area contributed by atoms with Gasteiger partial charge in [0, 0.05) is 12.4 Å². The Hall–Kier alpha value is -2.45. The minimum absolute atomic E-state index is 0.163. The van der Waals surface area contributed by atoms with Gasteiger partial charge in [0.2, 0.25) is 0 Å². The maximum absolute atomic E-state index is 12.1. The van der Waals surface area contributed by atoms with Crippen molar-refractivity contribution in [1.29, 1.82) is 0 Å². The third kappa shape index (κ3) is 2.62. The Morgan fingerprint density at radius 3 is 2.72 bits per heavy atom. The highest BCUT2D eigenvalue weighted by Gasteiger charge is 2.38. The first-order valence-electron chi connectivity index (χ1n) is 4.59. The molecule has 0 atom stereocenters. The van der Waals surface area contributed by atoms with E-state index in [4.69, 9.17) is 0 Å².